The van der Waals surface area contributed by atoms with E-state index >= 15 is 0 Å². The zero-order valence-corrected chi connectivity index (χ0v) is 15.0. The lowest BCUT2D eigenvalue weighted by atomic mass is 10.1. The molecule has 1 unspecified atom stereocenters. The van der Waals surface area contributed by atoms with Crippen LogP contribution in [0.25, 0.3) is 0 Å². The number of aromatic nitrogens is 3. The second kappa shape index (κ2) is 9.10. The first-order valence-corrected chi connectivity index (χ1v) is 8.20. The van der Waals surface area contributed by atoms with E-state index in [0.717, 1.165) is 0 Å². The van der Waals surface area contributed by atoms with Crippen LogP contribution >= 0.6 is 23.2 Å². The van der Waals surface area contributed by atoms with Gasteiger partial charge in [-0.1, -0.05) is 0 Å². The molecule has 1 atom stereocenters. The lowest BCUT2D eigenvalue weighted by molar-refractivity contribution is -0.140. The molecule has 1 aromatic heterocycles. The summed E-state index contributed by atoms with van der Waals surface area (Å²) in [5, 5.41) is 22.6. The second-order valence-corrected chi connectivity index (χ2v) is 5.87. The second-order valence-electron chi connectivity index (χ2n) is 5.20. The lowest BCUT2D eigenvalue weighted by Crippen LogP contribution is -2.41. The Hall–Kier alpha value is -2.98. The molecule has 0 aliphatic rings. The van der Waals surface area contributed by atoms with Gasteiger partial charge in [-0.2, -0.15) is 15.0 Å². The van der Waals surface area contributed by atoms with E-state index in [0.29, 0.717) is 5.69 Å². The van der Waals surface area contributed by atoms with Crippen LogP contribution in [-0.2, 0) is 9.59 Å². The van der Waals surface area contributed by atoms with Gasteiger partial charge in [-0.25, -0.2) is 4.79 Å². The number of aliphatic carboxylic acids is 2. The van der Waals surface area contributed by atoms with Crippen LogP contribution in [0.15, 0.2) is 24.3 Å². The maximum Gasteiger partial charge on any atom is 0.326 e. The molecule has 2 rings (SSSR count). The van der Waals surface area contributed by atoms with Crippen molar-refractivity contribution in [2.24, 2.45) is 0 Å². The van der Waals surface area contributed by atoms with Gasteiger partial charge in [0.2, 0.25) is 16.5 Å². The molecule has 1 heterocycles. The topological polar surface area (TPSA) is 154 Å². The van der Waals surface area contributed by atoms with Crippen LogP contribution in [0.3, 0.4) is 0 Å². The highest BCUT2D eigenvalue weighted by atomic mass is 35.5. The predicted molar refractivity (Wildman–Crippen MR) is 95.3 cm³/mol. The molecule has 0 aliphatic carbocycles. The summed E-state index contributed by atoms with van der Waals surface area (Å²) < 4.78 is 0. The van der Waals surface area contributed by atoms with Crippen LogP contribution in [0.5, 0.6) is 0 Å². The fourth-order valence-electron chi connectivity index (χ4n) is 1.98. The van der Waals surface area contributed by atoms with Crippen molar-refractivity contribution in [1.82, 2.24) is 20.3 Å². The van der Waals surface area contributed by atoms with Gasteiger partial charge in [0.15, 0.2) is 0 Å². The van der Waals surface area contributed by atoms with Gasteiger partial charge in [-0.3, -0.25) is 9.59 Å². The molecule has 0 aliphatic heterocycles. The monoisotopic (exact) mass is 413 g/mol. The molecular formula is C15H13Cl2N5O5. The van der Waals surface area contributed by atoms with Gasteiger partial charge >= 0.3 is 11.9 Å². The third-order valence-electron chi connectivity index (χ3n) is 3.23. The number of carboxylic acid groups (broad SMARTS) is 2. The number of carboxylic acids is 2. The maximum atomic E-state index is 12.2. The van der Waals surface area contributed by atoms with Crippen molar-refractivity contribution in [3.63, 3.8) is 0 Å². The Morgan fingerprint density at radius 1 is 1.00 bits per heavy atom. The van der Waals surface area contributed by atoms with E-state index in [1.807, 2.05) is 0 Å². The Morgan fingerprint density at radius 2 is 1.59 bits per heavy atom. The molecule has 0 saturated carbocycles. The number of rotatable bonds is 8. The molecule has 142 valence electrons. The van der Waals surface area contributed by atoms with Gasteiger partial charge < -0.3 is 20.8 Å². The lowest BCUT2D eigenvalue weighted by Gasteiger charge is -2.13. The van der Waals surface area contributed by atoms with Crippen molar-refractivity contribution >= 4 is 52.7 Å². The Bertz CT molecular complexity index is 842. The summed E-state index contributed by atoms with van der Waals surface area (Å²) in [6, 6.07) is 4.65. The largest absolute Gasteiger partial charge is 0.481 e. The molecule has 0 fully saturated rings. The fourth-order valence-corrected chi connectivity index (χ4v) is 2.35. The number of carbonyl (C=O) groups excluding carboxylic acids is 1. The molecule has 1 aromatic carbocycles. The molecular weight excluding hydrogens is 401 g/mol. The third-order valence-corrected chi connectivity index (χ3v) is 3.57. The average molecular weight is 414 g/mol. The van der Waals surface area contributed by atoms with E-state index < -0.39 is 23.9 Å². The predicted octanol–water partition coefficient (Wildman–Crippen LogP) is 1.97. The normalized spacial score (nSPS) is 11.5. The first-order valence-electron chi connectivity index (χ1n) is 7.44. The molecule has 4 N–H and O–H groups in total. The number of amides is 1. The van der Waals surface area contributed by atoms with Crippen LogP contribution in [-0.4, -0.2) is 49.1 Å². The van der Waals surface area contributed by atoms with Crippen LogP contribution in [0.4, 0.5) is 11.6 Å². The number of carbonyl (C=O) groups is 3. The minimum absolute atomic E-state index is 0.0884. The number of hydrogen-bond donors (Lipinski definition) is 4. The zero-order valence-electron chi connectivity index (χ0n) is 13.5. The molecule has 0 bridgehead atoms. The van der Waals surface area contributed by atoms with E-state index in [1.165, 1.54) is 24.3 Å². The van der Waals surface area contributed by atoms with Gasteiger partial charge in [-0.05, 0) is 53.9 Å². The minimum atomic E-state index is -1.31. The molecule has 12 heteroatoms. The smallest absolute Gasteiger partial charge is 0.326 e. The number of hydrogen-bond acceptors (Lipinski definition) is 7. The van der Waals surface area contributed by atoms with E-state index in [1.54, 1.807) is 0 Å². The number of anilines is 2. The average Bonchev–Trinajstić information content (AvgIpc) is 2.57. The van der Waals surface area contributed by atoms with E-state index in [-0.39, 0.29) is 34.9 Å². The summed E-state index contributed by atoms with van der Waals surface area (Å²) in [4.78, 5) is 45.1. The molecule has 2 aromatic rings. The van der Waals surface area contributed by atoms with Gasteiger partial charge in [-0.15, -0.1) is 0 Å². The van der Waals surface area contributed by atoms with Crippen molar-refractivity contribution in [3.05, 3.63) is 40.4 Å². The van der Waals surface area contributed by atoms with Crippen molar-refractivity contribution in [2.45, 2.75) is 18.9 Å². The molecule has 0 spiro atoms. The first-order chi connectivity index (χ1) is 12.7. The SMILES string of the molecule is O=C(O)CCC(NC(=O)c1ccc(Nc2nc(Cl)nc(Cl)n2)cc1)C(=O)O. The summed E-state index contributed by atoms with van der Waals surface area (Å²) in [7, 11) is 0. The van der Waals surface area contributed by atoms with E-state index in [9.17, 15) is 14.4 Å². The molecule has 10 nitrogen and oxygen atoms in total. The highest BCUT2D eigenvalue weighted by molar-refractivity contribution is 6.31. The van der Waals surface area contributed by atoms with Crippen molar-refractivity contribution in [2.75, 3.05) is 5.32 Å². The molecule has 0 radical (unpaired) electrons. The molecule has 0 saturated heterocycles. The summed E-state index contributed by atoms with van der Waals surface area (Å²) in [5.41, 5.74) is 0.708. The quantitative estimate of drug-likeness (QED) is 0.507. The van der Waals surface area contributed by atoms with E-state index in [2.05, 4.69) is 25.6 Å². The molecule has 27 heavy (non-hydrogen) atoms. The summed E-state index contributed by atoms with van der Waals surface area (Å²) in [5.74, 6) is -3.00. The maximum absolute atomic E-state index is 12.2. The van der Waals surface area contributed by atoms with Gasteiger partial charge in [0.25, 0.3) is 5.91 Å². The van der Waals surface area contributed by atoms with Gasteiger partial charge in [0.05, 0.1) is 0 Å². The van der Waals surface area contributed by atoms with Crippen LogP contribution < -0.4 is 10.6 Å². The van der Waals surface area contributed by atoms with Crippen molar-refractivity contribution < 1.29 is 24.6 Å². The third kappa shape index (κ3) is 6.35. The zero-order chi connectivity index (χ0) is 20.0. The van der Waals surface area contributed by atoms with Gasteiger partial charge in [0, 0.05) is 17.7 Å². The Labute approximate surface area is 162 Å². The highest BCUT2D eigenvalue weighted by Gasteiger charge is 2.21. The van der Waals surface area contributed by atoms with Crippen molar-refractivity contribution in [1.29, 1.82) is 0 Å². The highest BCUT2D eigenvalue weighted by Crippen LogP contribution is 2.17. The number of benzene rings is 1. The fraction of sp³-hybridized carbons (Fsp3) is 0.200. The Morgan fingerprint density at radius 3 is 2.11 bits per heavy atom. The summed E-state index contributed by atoms with van der Waals surface area (Å²) in [6.07, 6.45) is -0.603. The minimum Gasteiger partial charge on any atom is -0.481 e. The summed E-state index contributed by atoms with van der Waals surface area (Å²) >= 11 is 11.4. The Kier molecular flexibility index (Phi) is 6.85. The van der Waals surface area contributed by atoms with Crippen LogP contribution in [0, 0.1) is 0 Å². The first kappa shape index (κ1) is 20.3. The number of nitrogens with one attached hydrogen (secondary N) is 2. The summed E-state index contributed by atoms with van der Waals surface area (Å²) in [6.45, 7) is 0. The molecule has 1 amide bonds. The standard InChI is InChI=1S/C15H13Cl2N5O5/c16-13-20-14(17)22-15(21-13)18-8-3-1-7(2-4-8)11(25)19-9(12(26)27)5-6-10(23)24/h1-4,9H,5-6H2,(H,19,25)(H,23,24)(H,26,27)(H,18,20,21,22). The van der Waals surface area contributed by atoms with Crippen molar-refractivity contribution in [3.8, 4) is 0 Å². The number of halogens is 2. The van der Waals surface area contributed by atoms with E-state index in [4.69, 9.17) is 33.4 Å². The van der Waals surface area contributed by atoms with Crippen LogP contribution in [0.1, 0.15) is 23.2 Å². The number of nitrogens with zero attached hydrogens (tertiary/aromatic N) is 3. The Balaban J connectivity index is 2.03. The van der Waals surface area contributed by atoms with Crippen LogP contribution in [0.2, 0.25) is 10.6 Å². The van der Waals surface area contributed by atoms with Gasteiger partial charge in [0.1, 0.15) is 6.04 Å².